The number of benzene rings is 2. The van der Waals surface area contributed by atoms with Gasteiger partial charge in [-0.15, -0.1) is 0 Å². The molecule has 0 radical (unpaired) electrons. The van der Waals surface area contributed by atoms with Crippen molar-refractivity contribution < 1.29 is 9.53 Å². The third-order valence-corrected chi connectivity index (χ3v) is 3.19. The zero-order valence-corrected chi connectivity index (χ0v) is 10.5. The third kappa shape index (κ3) is 1.99. The standard InChI is InChI=1S/C16H13NO2/c1-19-12-7-5-11(6-8-12)16(18)14-3-2-4-15-13(14)9-10-17-15/h2-10,17H,1H3. The zero-order valence-electron chi connectivity index (χ0n) is 10.5. The van der Waals surface area contributed by atoms with Gasteiger partial charge in [0.25, 0.3) is 0 Å². The number of hydrogen-bond donors (Lipinski definition) is 1. The van der Waals surface area contributed by atoms with Gasteiger partial charge in [-0.05, 0) is 36.4 Å². The van der Waals surface area contributed by atoms with E-state index in [0.29, 0.717) is 11.1 Å². The average molecular weight is 251 g/mol. The van der Waals surface area contributed by atoms with Crippen molar-refractivity contribution >= 4 is 16.7 Å². The van der Waals surface area contributed by atoms with Crippen LogP contribution >= 0.6 is 0 Å². The lowest BCUT2D eigenvalue weighted by molar-refractivity contribution is 0.104. The van der Waals surface area contributed by atoms with Crippen LogP contribution in [0.5, 0.6) is 5.75 Å². The molecule has 19 heavy (non-hydrogen) atoms. The number of aromatic amines is 1. The molecule has 0 bridgehead atoms. The summed E-state index contributed by atoms with van der Waals surface area (Å²) in [6, 6.07) is 14.8. The van der Waals surface area contributed by atoms with E-state index in [1.54, 1.807) is 31.4 Å². The number of methoxy groups -OCH3 is 1. The van der Waals surface area contributed by atoms with Crippen molar-refractivity contribution in [3.8, 4) is 5.75 Å². The molecule has 0 unspecified atom stereocenters. The maximum Gasteiger partial charge on any atom is 0.193 e. The highest BCUT2D eigenvalue weighted by atomic mass is 16.5. The minimum absolute atomic E-state index is 0.0212. The Kier molecular flexibility index (Phi) is 2.80. The number of rotatable bonds is 3. The molecular formula is C16H13NO2. The van der Waals surface area contributed by atoms with E-state index in [1.807, 2.05) is 30.5 Å². The van der Waals surface area contributed by atoms with Gasteiger partial charge in [0.15, 0.2) is 5.78 Å². The Bertz CT molecular complexity index is 726. The minimum Gasteiger partial charge on any atom is -0.497 e. The van der Waals surface area contributed by atoms with Crippen molar-refractivity contribution in [2.24, 2.45) is 0 Å². The lowest BCUT2D eigenvalue weighted by Gasteiger charge is -2.04. The summed E-state index contributed by atoms with van der Waals surface area (Å²) in [5.41, 5.74) is 2.35. The molecule has 0 saturated carbocycles. The number of ketones is 1. The molecule has 0 spiro atoms. The van der Waals surface area contributed by atoms with E-state index in [0.717, 1.165) is 16.7 Å². The van der Waals surface area contributed by atoms with Crippen LogP contribution in [0.2, 0.25) is 0 Å². The molecule has 0 aliphatic carbocycles. The minimum atomic E-state index is 0.0212. The number of aromatic nitrogens is 1. The van der Waals surface area contributed by atoms with Gasteiger partial charge in [0.1, 0.15) is 5.75 Å². The van der Waals surface area contributed by atoms with Crippen LogP contribution in [0.4, 0.5) is 0 Å². The molecule has 1 heterocycles. The summed E-state index contributed by atoms with van der Waals surface area (Å²) in [5.74, 6) is 0.768. The second kappa shape index (κ2) is 4.61. The second-order valence-corrected chi connectivity index (χ2v) is 4.30. The largest absolute Gasteiger partial charge is 0.497 e. The fraction of sp³-hybridized carbons (Fsp3) is 0.0625. The van der Waals surface area contributed by atoms with Crippen LogP contribution in [0.3, 0.4) is 0 Å². The topological polar surface area (TPSA) is 42.1 Å². The van der Waals surface area contributed by atoms with Crippen LogP contribution in [-0.4, -0.2) is 17.9 Å². The van der Waals surface area contributed by atoms with Crippen LogP contribution in [0, 0.1) is 0 Å². The first-order valence-corrected chi connectivity index (χ1v) is 6.04. The monoisotopic (exact) mass is 251 g/mol. The molecule has 0 atom stereocenters. The van der Waals surface area contributed by atoms with Crippen LogP contribution < -0.4 is 4.74 Å². The second-order valence-electron chi connectivity index (χ2n) is 4.30. The number of H-pyrrole nitrogens is 1. The van der Waals surface area contributed by atoms with E-state index in [2.05, 4.69) is 4.98 Å². The molecule has 2 aromatic carbocycles. The number of carbonyl (C=O) groups excluding carboxylic acids is 1. The normalized spacial score (nSPS) is 10.6. The highest BCUT2D eigenvalue weighted by Gasteiger charge is 2.12. The fourth-order valence-corrected chi connectivity index (χ4v) is 2.18. The third-order valence-electron chi connectivity index (χ3n) is 3.19. The number of hydrogen-bond acceptors (Lipinski definition) is 2. The molecule has 0 fully saturated rings. The van der Waals surface area contributed by atoms with Crippen LogP contribution in [-0.2, 0) is 0 Å². The molecule has 0 aliphatic heterocycles. The Morgan fingerprint density at radius 2 is 1.84 bits per heavy atom. The van der Waals surface area contributed by atoms with Gasteiger partial charge in [-0.25, -0.2) is 0 Å². The predicted molar refractivity (Wildman–Crippen MR) is 74.7 cm³/mol. The molecule has 3 aromatic rings. The Labute approximate surface area is 110 Å². The van der Waals surface area contributed by atoms with Gasteiger partial charge in [0, 0.05) is 28.2 Å². The molecule has 0 saturated heterocycles. The number of fused-ring (bicyclic) bond motifs is 1. The average Bonchev–Trinajstić information content (AvgIpc) is 2.95. The highest BCUT2D eigenvalue weighted by Crippen LogP contribution is 2.21. The van der Waals surface area contributed by atoms with E-state index in [4.69, 9.17) is 4.74 Å². The zero-order chi connectivity index (χ0) is 13.2. The summed E-state index contributed by atoms with van der Waals surface area (Å²) in [6.07, 6.45) is 1.84. The van der Waals surface area contributed by atoms with Crippen LogP contribution in [0.25, 0.3) is 10.9 Å². The van der Waals surface area contributed by atoms with Gasteiger partial charge in [0.05, 0.1) is 7.11 Å². The van der Waals surface area contributed by atoms with Crippen LogP contribution in [0.1, 0.15) is 15.9 Å². The van der Waals surface area contributed by atoms with Crippen molar-refractivity contribution in [2.45, 2.75) is 0 Å². The quantitative estimate of drug-likeness (QED) is 0.725. The van der Waals surface area contributed by atoms with Crippen LogP contribution in [0.15, 0.2) is 54.7 Å². The molecule has 3 rings (SSSR count). The molecule has 3 heteroatoms. The Morgan fingerprint density at radius 3 is 2.58 bits per heavy atom. The lowest BCUT2D eigenvalue weighted by atomic mass is 10.00. The fourth-order valence-electron chi connectivity index (χ4n) is 2.18. The highest BCUT2D eigenvalue weighted by molar-refractivity contribution is 6.16. The summed E-state index contributed by atoms with van der Waals surface area (Å²) in [5, 5.41) is 0.948. The smallest absolute Gasteiger partial charge is 0.193 e. The maximum absolute atomic E-state index is 12.5. The van der Waals surface area contributed by atoms with E-state index in [9.17, 15) is 4.79 Å². The summed E-state index contributed by atoms with van der Waals surface area (Å²) >= 11 is 0. The summed E-state index contributed by atoms with van der Waals surface area (Å²) in [7, 11) is 1.61. The van der Waals surface area contributed by atoms with Gasteiger partial charge < -0.3 is 9.72 Å². The first-order valence-electron chi connectivity index (χ1n) is 6.04. The summed E-state index contributed by atoms with van der Waals surface area (Å²) in [4.78, 5) is 15.6. The van der Waals surface area contributed by atoms with Gasteiger partial charge in [0.2, 0.25) is 0 Å². The van der Waals surface area contributed by atoms with E-state index in [1.165, 1.54) is 0 Å². The molecule has 0 aliphatic rings. The summed E-state index contributed by atoms with van der Waals surface area (Å²) in [6.45, 7) is 0. The number of nitrogens with one attached hydrogen (secondary N) is 1. The summed E-state index contributed by atoms with van der Waals surface area (Å²) < 4.78 is 5.10. The predicted octanol–water partition coefficient (Wildman–Crippen LogP) is 3.41. The van der Waals surface area contributed by atoms with E-state index in [-0.39, 0.29) is 5.78 Å². The molecule has 3 nitrogen and oxygen atoms in total. The van der Waals surface area contributed by atoms with Gasteiger partial charge in [-0.3, -0.25) is 4.79 Å². The lowest BCUT2D eigenvalue weighted by Crippen LogP contribution is -2.01. The Hall–Kier alpha value is -2.55. The first kappa shape index (κ1) is 11.5. The molecule has 94 valence electrons. The van der Waals surface area contributed by atoms with Crippen molar-refractivity contribution in [1.29, 1.82) is 0 Å². The van der Waals surface area contributed by atoms with E-state index >= 15 is 0 Å². The van der Waals surface area contributed by atoms with Crippen molar-refractivity contribution in [3.05, 3.63) is 65.9 Å². The first-order chi connectivity index (χ1) is 9.29. The molecule has 1 aromatic heterocycles. The van der Waals surface area contributed by atoms with E-state index < -0.39 is 0 Å². The maximum atomic E-state index is 12.5. The number of carbonyl (C=O) groups is 1. The van der Waals surface area contributed by atoms with Crippen molar-refractivity contribution in [2.75, 3.05) is 7.11 Å². The Balaban J connectivity index is 2.05. The van der Waals surface area contributed by atoms with Crippen molar-refractivity contribution in [3.63, 3.8) is 0 Å². The van der Waals surface area contributed by atoms with Crippen molar-refractivity contribution in [1.82, 2.24) is 4.98 Å². The Morgan fingerprint density at radius 1 is 1.05 bits per heavy atom. The molecule has 0 amide bonds. The number of ether oxygens (including phenoxy) is 1. The van der Waals surface area contributed by atoms with Gasteiger partial charge in [-0.1, -0.05) is 12.1 Å². The SMILES string of the molecule is COc1ccc(C(=O)c2cccc3[nH]ccc23)cc1. The van der Waals surface area contributed by atoms with Gasteiger partial charge in [-0.2, -0.15) is 0 Å². The molecule has 1 N–H and O–H groups in total. The van der Waals surface area contributed by atoms with Gasteiger partial charge >= 0.3 is 0 Å². The molecular weight excluding hydrogens is 238 g/mol.